The second-order valence-electron chi connectivity index (χ2n) is 7.21. The van der Waals surface area contributed by atoms with Gasteiger partial charge < -0.3 is 19.3 Å². The zero-order chi connectivity index (χ0) is 23.2. The molecule has 4 aromatic rings. The van der Waals surface area contributed by atoms with Crippen LogP contribution in [0.2, 0.25) is 0 Å². The SMILES string of the molecule is Cc1cc(NC(=O)C(C)OC(=O)Cc2csc(-c3cccc(Oc4ccccc4)c3)n2)no1. The van der Waals surface area contributed by atoms with E-state index in [9.17, 15) is 9.59 Å². The van der Waals surface area contributed by atoms with Gasteiger partial charge in [-0.1, -0.05) is 35.5 Å². The number of hydrogen-bond acceptors (Lipinski definition) is 8. The van der Waals surface area contributed by atoms with Crippen LogP contribution < -0.4 is 10.1 Å². The molecule has 0 aliphatic rings. The number of nitrogens with one attached hydrogen (secondary N) is 1. The van der Waals surface area contributed by atoms with Gasteiger partial charge in [-0.05, 0) is 38.1 Å². The van der Waals surface area contributed by atoms with Crippen LogP contribution in [0, 0.1) is 6.92 Å². The average Bonchev–Trinajstić information content (AvgIpc) is 3.43. The van der Waals surface area contributed by atoms with Gasteiger partial charge in [0.1, 0.15) is 22.3 Å². The van der Waals surface area contributed by atoms with Crippen molar-refractivity contribution in [2.45, 2.75) is 26.4 Å². The van der Waals surface area contributed by atoms with E-state index >= 15 is 0 Å². The van der Waals surface area contributed by atoms with Crippen molar-refractivity contribution < 1.29 is 23.6 Å². The van der Waals surface area contributed by atoms with E-state index in [1.807, 2.05) is 54.6 Å². The minimum Gasteiger partial charge on any atom is -0.457 e. The predicted molar refractivity (Wildman–Crippen MR) is 123 cm³/mol. The molecule has 0 bridgehead atoms. The predicted octanol–water partition coefficient (Wildman–Crippen LogP) is 5.01. The molecule has 2 aromatic heterocycles. The van der Waals surface area contributed by atoms with Gasteiger partial charge in [0, 0.05) is 17.0 Å². The Morgan fingerprint density at radius 2 is 1.88 bits per heavy atom. The van der Waals surface area contributed by atoms with Crippen molar-refractivity contribution in [3.8, 4) is 22.1 Å². The summed E-state index contributed by atoms with van der Waals surface area (Å²) in [6, 6.07) is 18.7. The third-order valence-corrected chi connectivity index (χ3v) is 5.43. The van der Waals surface area contributed by atoms with Gasteiger partial charge in [-0.15, -0.1) is 11.3 Å². The number of rotatable bonds is 8. The van der Waals surface area contributed by atoms with Crippen LogP contribution in [-0.2, 0) is 20.7 Å². The van der Waals surface area contributed by atoms with Gasteiger partial charge in [0.05, 0.1) is 12.1 Å². The number of nitrogens with zero attached hydrogens (tertiary/aromatic N) is 2. The molecule has 0 aliphatic carbocycles. The number of anilines is 1. The molecular formula is C24H21N3O5S. The van der Waals surface area contributed by atoms with Crippen molar-refractivity contribution in [2.24, 2.45) is 0 Å². The van der Waals surface area contributed by atoms with Crippen LogP contribution in [0.1, 0.15) is 18.4 Å². The van der Waals surface area contributed by atoms with Crippen LogP contribution in [-0.4, -0.2) is 28.1 Å². The zero-order valence-corrected chi connectivity index (χ0v) is 18.8. The van der Waals surface area contributed by atoms with E-state index in [-0.39, 0.29) is 12.2 Å². The molecule has 1 N–H and O–H groups in total. The zero-order valence-electron chi connectivity index (χ0n) is 18.0. The summed E-state index contributed by atoms with van der Waals surface area (Å²) in [5, 5.41) is 8.76. The van der Waals surface area contributed by atoms with Crippen molar-refractivity contribution in [1.82, 2.24) is 10.1 Å². The second kappa shape index (κ2) is 10.1. The Bertz CT molecular complexity index is 1250. The molecule has 0 spiro atoms. The number of carbonyl (C=O) groups excluding carboxylic acids is 2. The first-order valence-corrected chi connectivity index (χ1v) is 11.1. The molecule has 1 atom stereocenters. The fourth-order valence-corrected chi connectivity index (χ4v) is 3.75. The van der Waals surface area contributed by atoms with Crippen molar-refractivity contribution in [2.75, 3.05) is 5.32 Å². The number of carbonyl (C=O) groups is 2. The van der Waals surface area contributed by atoms with Crippen LogP contribution in [0.5, 0.6) is 11.5 Å². The number of esters is 1. The molecule has 0 saturated heterocycles. The third kappa shape index (κ3) is 6.05. The minimum atomic E-state index is -0.987. The first-order chi connectivity index (χ1) is 16.0. The van der Waals surface area contributed by atoms with Crippen LogP contribution >= 0.6 is 11.3 Å². The second-order valence-corrected chi connectivity index (χ2v) is 8.07. The van der Waals surface area contributed by atoms with Gasteiger partial charge in [-0.25, -0.2) is 4.98 Å². The average molecular weight is 464 g/mol. The van der Waals surface area contributed by atoms with Crippen LogP contribution in [0.25, 0.3) is 10.6 Å². The van der Waals surface area contributed by atoms with E-state index in [4.69, 9.17) is 14.0 Å². The summed E-state index contributed by atoms with van der Waals surface area (Å²) in [6.45, 7) is 3.20. The molecule has 4 rings (SSSR count). The molecule has 0 fully saturated rings. The van der Waals surface area contributed by atoms with Crippen LogP contribution in [0.4, 0.5) is 5.82 Å². The topological polar surface area (TPSA) is 104 Å². The first kappa shape index (κ1) is 22.2. The van der Waals surface area contributed by atoms with Gasteiger partial charge in [0.25, 0.3) is 5.91 Å². The van der Waals surface area contributed by atoms with E-state index in [1.165, 1.54) is 18.3 Å². The van der Waals surface area contributed by atoms with E-state index in [2.05, 4.69) is 15.5 Å². The molecule has 0 aliphatic heterocycles. The number of ether oxygens (including phenoxy) is 2. The summed E-state index contributed by atoms with van der Waals surface area (Å²) in [5.74, 6) is 1.22. The Hall–Kier alpha value is -3.98. The molecule has 1 amide bonds. The highest BCUT2D eigenvalue weighted by Gasteiger charge is 2.20. The quantitative estimate of drug-likeness (QED) is 0.366. The number of amides is 1. The van der Waals surface area contributed by atoms with Gasteiger partial charge in [-0.2, -0.15) is 0 Å². The molecule has 2 heterocycles. The normalized spacial score (nSPS) is 11.6. The Kier molecular flexibility index (Phi) is 6.80. The van der Waals surface area contributed by atoms with Crippen molar-refractivity contribution in [1.29, 1.82) is 0 Å². The Balaban J connectivity index is 1.34. The maximum atomic E-state index is 12.3. The fourth-order valence-electron chi connectivity index (χ4n) is 2.93. The number of aryl methyl sites for hydroxylation is 1. The molecule has 0 radical (unpaired) electrons. The summed E-state index contributed by atoms with van der Waals surface area (Å²) in [7, 11) is 0. The van der Waals surface area contributed by atoms with Gasteiger partial charge in [0.15, 0.2) is 11.9 Å². The molecule has 168 valence electrons. The van der Waals surface area contributed by atoms with Crippen LogP contribution in [0.15, 0.2) is 70.6 Å². The lowest BCUT2D eigenvalue weighted by molar-refractivity contribution is -0.152. The van der Waals surface area contributed by atoms with Crippen molar-refractivity contribution in [3.63, 3.8) is 0 Å². The molecule has 2 aromatic carbocycles. The highest BCUT2D eigenvalue weighted by molar-refractivity contribution is 7.13. The maximum Gasteiger partial charge on any atom is 0.312 e. The third-order valence-electron chi connectivity index (χ3n) is 4.49. The summed E-state index contributed by atoms with van der Waals surface area (Å²) in [5.41, 5.74) is 1.44. The Morgan fingerprint density at radius 1 is 1.09 bits per heavy atom. The van der Waals surface area contributed by atoms with Gasteiger partial charge in [-0.3, -0.25) is 9.59 Å². The number of benzene rings is 2. The Labute approximate surface area is 194 Å². The summed E-state index contributed by atoms with van der Waals surface area (Å²) < 4.78 is 16.0. The highest BCUT2D eigenvalue weighted by atomic mass is 32.1. The maximum absolute atomic E-state index is 12.3. The number of para-hydroxylation sites is 1. The van der Waals surface area contributed by atoms with Crippen molar-refractivity contribution >= 4 is 29.0 Å². The molecule has 33 heavy (non-hydrogen) atoms. The minimum absolute atomic E-state index is 0.0443. The van der Waals surface area contributed by atoms with Gasteiger partial charge in [0.2, 0.25) is 0 Å². The summed E-state index contributed by atoms with van der Waals surface area (Å²) in [6.07, 6.45) is -1.03. The lowest BCUT2D eigenvalue weighted by atomic mass is 10.2. The monoisotopic (exact) mass is 463 g/mol. The van der Waals surface area contributed by atoms with E-state index in [1.54, 1.807) is 18.4 Å². The van der Waals surface area contributed by atoms with E-state index < -0.39 is 18.0 Å². The fraction of sp³-hybridized carbons (Fsp3) is 0.167. The first-order valence-electron chi connectivity index (χ1n) is 10.2. The molecule has 0 saturated carbocycles. The van der Waals surface area contributed by atoms with E-state index in [0.717, 1.165) is 16.3 Å². The number of thiazole rings is 1. The largest absolute Gasteiger partial charge is 0.457 e. The standard InChI is InChI=1S/C24H21N3O5S/c1-15-11-21(27-32-15)26-23(29)16(2)30-22(28)13-18-14-33-24(25-18)17-7-6-10-20(12-17)31-19-8-4-3-5-9-19/h3-12,14,16H,13H2,1-2H3,(H,26,27,29). The number of aromatic nitrogens is 2. The molecule has 1 unspecified atom stereocenters. The smallest absolute Gasteiger partial charge is 0.312 e. The highest BCUT2D eigenvalue weighted by Crippen LogP contribution is 2.29. The lowest BCUT2D eigenvalue weighted by Crippen LogP contribution is -2.30. The molecule has 8 nitrogen and oxygen atoms in total. The number of hydrogen-bond donors (Lipinski definition) is 1. The summed E-state index contributed by atoms with van der Waals surface area (Å²) >= 11 is 1.42. The van der Waals surface area contributed by atoms with E-state index in [0.29, 0.717) is 17.2 Å². The molecule has 9 heteroatoms. The van der Waals surface area contributed by atoms with Crippen LogP contribution in [0.3, 0.4) is 0 Å². The molecular weight excluding hydrogens is 442 g/mol. The Morgan fingerprint density at radius 3 is 2.64 bits per heavy atom. The lowest BCUT2D eigenvalue weighted by Gasteiger charge is -2.11. The summed E-state index contributed by atoms with van der Waals surface area (Å²) in [4.78, 5) is 29.0. The van der Waals surface area contributed by atoms with Crippen molar-refractivity contribution in [3.05, 3.63) is 77.5 Å². The van der Waals surface area contributed by atoms with Gasteiger partial charge >= 0.3 is 5.97 Å².